The highest BCUT2D eigenvalue weighted by Gasteiger charge is 2.25. The largest absolute Gasteiger partial charge is 0.292 e. The first-order valence-corrected chi connectivity index (χ1v) is 8.80. The van der Waals surface area contributed by atoms with Gasteiger partial charge in [0.05, 0.1) is 11.4 Å². The summed E-state index contributed by atoms with van der Waals surface area (Å²) in [5, 5.41) is 36.9. The minimum atomic E-state index is -0.208. The van der Waals surface area contributed by atoms with Crippen LogP contribution in [0.15, 0.2) is 40.6 Å². The number of rotatable bonds is 3. The van der Waals surface area contributed by atoms with Crippen LogP contribution in [0.5, 0.6) is 0 Å². The quantitative estimate of drug-likeness (QED) is 0.518. The fraction of sp³-hybridized carbons (Fsp3) is 0.263. The SMILES string of the molecule is Cc1nnc2c(N=Nc3n[nH]c(-c4ccccc4)c3C#N)c(C(C)(C)C)[nH]n12. The molecule has 9 heteroatoms. The number of nitrogens with zero attached hydrogens (tertiary/aromatic N) is 7. The summed E-state index contributed by atoms with van der Waals surface area (Å²) < 4.78 is 1.78. The van der Waals surface area contributed by atoms with E-state index in [0.717, 1.165) is 17.1 Å². The number of hydrogen-bond acceptors (Lipinski definition) is 6. The molecule has 4 rings (SSSR count). The Morgan fingerprint density at radius 2 is 1.86 bits per heavy atom. The van der Waals surface area contributed by atoms with Crippen molar-refractivity contribution in [1.82, 2.24) is 30.0 Å². The van der Waals surface area contributed by atoms with Crippen molar-refractivity contribution in [2.24, 2.45) is 10.2 Å². The van der Waals surface area contributed by atoms with Gasteiger partial charge in [-0.2, -0.15) is 10.4 Å². The lowest BCUT2D eigenvalue weighted by Crippen LogP contribution is -2.12. The minimum absolute atomic E-state index is 0.208. The zero-order valence-electron chi connectivity index (χ0n) is 16.0. The third-order valence-corrected chi connectivity index (χ3v) is 4.41. The molecule has 28 heavy (non-hydrogen) atoms. The summed E-state index contributed by atoms with van der Waals surface area (Å²) in [6.07, 6.45) is 0. The summed E-state index contributed by atoms with van der Waals surface area (Å²) in [5.41, 5.74) is 3.66. The summed E-state index contributed by atoms with van der Waals surface area (Å²) in [5.74, 6) is 0.961. The van der Waals surface area contributed by atoms with E-state index in [2.05, 4.69) is 62.6 Å². The van der Waals surface area contributed by atoms with Crippen molar-refractivity contribution < 1.29 is 0 Å². The second-order valence-corrected chi connectivity index (χ2v) is 7.47. The zero-order valence-corrected chi connectivity index (χ0v) is 16.0. The third kappa shape index (κ3) is 2.85. The molecule has 4 aromatic rings. The Balaban J connectivity index is 1.81. The van der Waals surface area contributed by atoms with E-state index in [-0.39, 0.29) is 11.2 Å². The highest BCUT2D eigenvalue weighted by atomic mass is 15.4. The molecule has 0 saturated carbocycles. The van der Waals surface area contributed by atoms with Gasteiger partial charge in [0.15, 0.2) is 5.69 Å². The van der Waals surface area contributed by atoms with Crippen LogP contribution in [-0.2, 0) is 5.41 Å². The molecule has 0 amide bonds. The maximum absolute atomic E-state index is 9.62. The van der Waals surface area contributed by atoms with Gasteiger partial charge < -0.3 is 0 Å². The van der Waals surface area contributed by atoms with Crippen LogP contribution in [0.25, 0.3) is 16.9 Å². The van der Waals surface area contributed by atoms with E-state index in [1.807, 2.05) is 37.3 Å². The van der Waals surface area contributed by atoms with Crippen LogP contribution in [0.1, 0.15) is 37.9 Å². The monoisotopic (exact) mass is 373 g/mol. The van der Waals surface area contributed by atoms with Gasteiger partial charge in [0.1, 0.15) is 17.5 Å². The number of aryl methyl sites for hydroxylation is 1. The first-order chi connectivity index (χ1) is 13.4. The number of nitriles is 1. The molecule has 0 radical (unpaired) electrons. The van der Waals surface area contributed by atoms with Crippen LogP contribution in [0.4, 0.5) is 11.5 Å². The molecule has 0 unspecified atom stereocenters. The highest BCUT2D eigenvalue weighted by molar-refractivity contribution is 5.72. The van der Waals surface area contributed by atoms with Crippen LogP contribution < -0.4 is 0 Å². The van der Waals surface area contributed by atoms with Gasteiger partial charge in [-0.1, -0.05) is 51.1 Å². The summed E-state index contributed by atoms with van der Waals surface area (Å²) >= 11 is 0. The lowest BCUT2D eigenvalue weighted by atomic mass is 9.91. The number of nitrogens with one attached hydrogen (secondary N) is 2. The Hall–Kier alpha value is -3.80. The molecule has 0 saturated heterocycles. The van der Waals surface area contributed by atoms with Gasteiger partial charge in [-0.25, -0.2) is 4.52 Å². The summed E-state index contributed by atoms with van der Waals surface area (Å²) in [6.45, 7) is 8.08. The van der Waals surface area contributed by atoms with E-state index >= 15 is 0 Å². The van der Waals surface area contributed by atoms with E-state index < -0.39 is 0 Å². The number of fused-ring (bicyclic) bond motifs is 1. The van der Waals surface area contributed by atoms with Gasteiger partial charge in [-0.05, 0) is 6.92 Å². The zero-order chi connectivity index (χ0) is 19.9. The van der Waals surface area contributed by atoms with Crippen molar-refractivity contribution in [2.75, 3.05) is 0 Å². The number of azo groups is 1. The number of H-pyrrole nitrogens is 2. The Morgan fingerprint density at radius 1 is 1.11 bits per heavy atom. The van der Waals surface area contributed by atoms with Crippen molar-refractivity contribution in [3.8, 4) is 17.3 Å². The fourth-order valence-corrected chi connectivity index (χ4v) is 2.97. The van der Waals surface area contributed by atoms with Gasteiger partial charge in [0, 0.05) is 11.0 Å². The van der Waals surface area contributed by atoms with Crippen molar-refractivity contribution in [1.29, 1.82) is 5.26 Å². The molecule has 2 N–H and O–H groups in total. The Bertz CT molecular complexity index is 1210. The smallest absolute Gasteiger partial charge is 0.213 e. The number of hydrogen-bond donors (Lipinski definition) is 2. The van der Waals surface area contributed by atoms with E-state index in [9.17, 15) is 5.26 Å². The van der Waals surface area contributed by atoms with E-state index in [4.69, 9.17) is 0 Å². The standard InChI is InChI=1S/C19H19N9/c1-11-21-26-18-15(16(19(2,3)4)27-28(11)18)23-25-17-13(10-20)14(22-24-17)12-8-6-5-7-9-12/h5-9,27H,1-4H3,(H,22,24). The lowest BCUT2D eigenvalue weighted by molar-refractivity contribution is 0.561. The van der Waals surface area contributed by atoms with Crippen LogP contribution in [0.2, 0.25) is 0 Å². The van der Waals surface area contributed by atoms with Crippen LogP contribution in [0.3, 0.4) is 0 Å². The molecule has 140 valence electrons. The molecule has 0 aliphatic carbocycles. The van der Waals surface area contributed by atoms with Crippen LogP contribution >= 0.6 is 0 Å². The Labute approximate surface area is 161 Å². The summed E-state index contributed by atoms with van der Waals surface area (Å²) in [6, 6.07) is 11.7. The fourth-order valence-electron chi connectivity index (χ4n) is 2.97. The van der Waals surface area contributed by atoms with Crippen molar-refractivity contribution in [3.05, 3.63) is 47.4 Å². The Kier molecular flexibility index (Phi) is 4.04. The summed E-state index contributed by atoms with van der Waals surface area (Å²) in [4.78, 5) is 0. The second-order valence-electron chi connectivity index (χ2n) is 7.47. The molecular weight excluding hydrogens is 354 g/mol. The Morgan fingerprint density at radius 3 is 2.54 bits per heavy atom. The molecular formula is C19H19N9. The highest BCUT2D eigenvalue weighted by Crippen LogP contribution is 2.35. The average Bonchev–Trinajstić information content (AvgIpc) is 3.35. The first kappa shape index (κ1) is 17.6. The predicted octanol–water partition coefficient (Wildman–Crippen LogP) is 4.34. The first-order valence-electron chi connectivity index (χ1n) is 8.80. The molecule has 9 nitrogen and oxygen atoms in total. The molecule has 0 aliphatic rings. The van der Waals surface area contributed by atoms with Crippen LogP contribution in [0, 0.1) is 18.3 Å². The molecule has 0 spiro atoms. The third-order valence-electron chi connectivity index (χ3n) is 4.41. The van der Waals surface area contributed by atoms with Crippen molar-refractivity contribution in [2.45, 2.75) is 33.1 Å². The minimum Gasteiger partial charge on any atom is -0.292 e. The van der Waals surface area contributed by atoms with Gasteiger partial charge in [0.2, 0.25) is 11.5 Å². The molecule has 0 atom stereocenters. The van der Waals surface area contributed by atoms with E-state index in [0.29, 0.717) is 22.6 Å². The van der Waals surface area contributed by atoms with Crippen molar-refractivity contribution in [3.63, 3.8) is 0 Å². The van der Waals surface area contributed by atoms with Gasteiger partial charge in [-0.3, -0.25) is 10.2 Å². The normalized spacial score (nSPS) is 12.1. The number of aromatic amines is 2. The molecule has 0 aliphatic heterocycles. The van der Waals surface area contributed by atoms with Gasteiger partial charge in [-0.15, -0.1) is 20.4 Å². The maximum atomic E-state index is 9.62. The van der Waals surface area contributed by atoms with Crippen LogP contribution in [-0.4, -0.2) is 30.0 Å². The summed E-state index contributed by atoms with van der Waals surface area (Å²) in [7, 11) is 0. The number of aromatic nitrogens is 6. The lowest BCUT2D eigenvalue weighted by Gasteiger charge is -2.16. The molecule has 3 aromatic heterocycles. The second kappa shape index (κ2) is 6.42. The van der Waals surface area contributed by atoms with Crippen molar-refractivity contribution >= 4 is 17.2 Å². The average molecular weight is 373 g/mol. The topological polar surface area (TPSA) is 123 Å². The molecule has 1 aromatic carbocycles. The maximum Gasteiger partial charge on any atom is 0.213 e. The molecule has 3 heterocycles. The molecule has 0 fully saturated rings. The van der Waals surface area contributed by atoms with E-state index in [1.165, 1.54) is 0 Å². The van der Waals surface area contributed by atoms with E-state index in [1.54, 1.807) is 4.52 Å². The predicted molar refractivity (Wildman–Crippen MR) is 104 cm³/mol. The van der Waals surface area contributed by atoms with Gasteiger partial charge in [0.25, 0.3) is 0 Å². The van der Waals surface area contributed by atoms with Gasteiger partial charge >= 0.3 is 0 Å². The molecule has 0 bridgehead atoms. The number of benzene rings is 1.